The van der Waals surface area contributed by atoms with Crippen LogP contribution in [-0.2, 0) is 11.2 Å². The number of rotatable bonds is 6. The predicted octanol–water partition coefficient (Wildman–Crippen LogP) is 2.49. The number of hydrogen-bond donors (Lipinski definition) is 2. The lowest BCUT2D eigenvalue weighted by Crippen LogP contribution is -2.49. The van der Waals surface area contributed by atoms with E-state index in [9.17, 15) is 9.18 Å². The van der Waals surface area contributed by atoms with Crippen LogP contribution in [0.1, 0.15) is 36.8 Å². The van der Waals surface area contributed by atoms with E-state index >= 15 is 0 Å². The van der Waals surface area contributed by atoms with Crippen LogP contribution in [0.5, 0.6) is 0 Å². The third-order valence-corrected chi connectivity index (χ3v) is 5.23. The molecule has 0 spiro atoms. The average molecular weight is 362 g/mol. The monoisotopic (exact) mass is 362 g/mol. The summed E-state index contributed by atoms with van der Waals surface area (Å²) in [6.07, 6.45) is 4.81. The number of halogens is 1. The van der Waals surface area contributed by atoms with Crippen LogP contribution in [0.4, 0.5) is 4.39 Å². The van der Waals surface area contributed by atoms with E-state index in [-0.39, 0.29) is 17.1 Å². The van der Waals surface area contributed by atoms with Gasteiger partial charge in [-0.25, -0.2) is 4.39 Å². The van der Waals surface area contributed by atoms with Gasteiger partial charge < -0.3 is 15.5 Å². The predicted molar refractivity (Wildman–Crippen MR) is 104 cm³/mol. The van der Waals surface area contributed by atoms with Crippen LogP contribution in [0, 0.1) is 18.2 Å². The number of nitrogens with zero attached hydrogens (tertiary/aromatic N) is 2. The number of aliphatic imine (C=N–C) groups is 1. The minimum absolute atomic E-state index is 0.194. The highest BCUT2D eigenvalue weighted by Gasteiger charge is 2.42. The molecule has 1 amide bonds. The van der Waals surface area contributed by atoms with Crippen molar-refractivity contribution in [2.45, 2.75) is 39.0 Å². The fourth-order valence-electron chi connectivity index (χ4n) is 3.72. The maximum Gasteiger partial charge on any atom is 0.230 e. The minimum atomic E-state index is -0.325. The van der Waals surface area contributed by atoms with Crippen LogP contribution in [0.15, 0.2) is 23.2 Å². The quantitative estimate of drug-likeness (QED) is 0.604. The lowest BCUT2D eigenvalue weighted by molar-refractivity contribution is -0.138. The fourth-order valence-corrected chi connectivity index (χ4v) is 3.72. The molecule has 0 aromatic heterocycles. The first-order chi connectivity index (χ1) is 12.4. The van der Waals surface area contributed by atoms with Crippen molar-refractivity contribution < 1.29 is 9.18 Å². The van der Waals surface area contributed by atoms with Crippen LogP contribution in [0.25, 0.3) is 0 Å². The molecule has 1 aromatic carbocycles. The first-order valence-electron chi connectivity index (χ1n) is 9.29. The van der Waals surface area contributed by atoms with Gasteiger partial charge in [0, 0.05) is 34.2 Å². The summed E-state index contributed by atoms with van der Waals surface area (Å²) in [4.78, 5) is 18.6. The molecule has 144 valence electrons. The zero-order chi connectivity index (χ0) is 19.2. The van der Waals surface area contributed by atoms with Crippen LogP contribution < -0.4 is 10.6 Å². The van der Waals surface area contributed by atoms with Gasteiger partial charge in [-0.3, -0.25) is 9.79 Å². The molecular weight excluding hydrogens is 331 g/mol. The molecule has 26 heavy (non-hydrogen) atoms. The van der Waals surface area contributed by atoms with E-state index in [1.807, 2.05) is 27.1 Å². The van der Waals surface area contributed by atoms with Gasteiger partial charge in [0.1, 0.15) is 5.82 Å². The molecule has 2 N–H and O–H groups in total. The Labute approximate surface area is 156 Å². The van der Waals surface area contributed by atoms with Gasteiger partial charge in [0.15, 0.2) is 5.96 Å². The van der Waals surface area contributed by atoms with Gasteiger partial charge in [0.05, 0.1) is 5.41 Å². The Kier molecular flexibility index (Phi) is 7.00. The summed E-state index contributed by atoms with van der Waals surface area (Å²) in [6.45, 7) is 3.21. The number of carbonyl (C=O) groups excluding carboxylic acids is 1. The Balaban J connectivity index is 1.88. The Bertz CT molecular complexity index is 651. The van der Waals surface area contributed by atoms with Gasteiger partial charge in [-0.1, -0.05) is 18.9 Å². The maximum atomic E-state index is 13.2. The van der Waals surface area contributed by atoms with Crippen LogP contribution in [0.3, 0.4) is 0 Å². The fraction of sp³-hybridized carbons (Fsp3) is 0.600. The van der Waals surface area contributed by atoms with Gasteiger partial charge in [0.2, 0.25) is 5.91 Å². The smallest absolute Gasteiger partial charge is 0.230 e. The lowest BCUT2D eigenvalue weighted by atomic mass is 9.84. The molecule has 0 unspecified atom stereocenters. The van der Waals surface area contributed by atoms with Crippen molar-refractivity contribution in [2.24, 2.45) is 10.4 Å². The summed E-state index contributed by atoms with van der Waals surface area (Å²) in [5, 5.41) is 6.62. The molecule has 0 atom stereocenters. The summed E-state index contributed by atoms with van der Waals surface area (Å²) in [5.41, 5.74) is 1.75. The number of carbonyl (C=O) groups is 1. The molecule has 1 aliphatic carbocycles. The summed E-state index contributed by atoms with van der Waals surface area (Å²) in [5.74, 6) is 0.687. The molecule has 0 radical (unpaired) electrons. The lowest BCUT2D eigenvalue weighted by Gasteiger charge is -2.31. The second-order valence-electron chi connectivity index (χ2n) is 7.36. The third kappa shape index (κ3) is 4.96. The highest BCUT2D eigenvalue weighted by atomic mass is 19.1. The standard InChI is InChI=1S/C20H31FN4O/c1-15-13-17(21)8-7-16(15)9-12-23-19(22-2)24-14-20(10-5-6-11-20)18(26)25(3)4/h7-8,13H,5-6,9-12,14H2,1-4H3,(H2,22,23,24). The molecule has 5 nitrogen and oxygen atoms in total. The normalized spacial score (nSPS) is 16.4. The first kappa shape index (κ1) is 20.2. The van der Waals surface area contributed by atoms with E-state index in [1.165, 1.54) is 6.07 Å². The Hall–Kier alpha value is -2.11. The molecule has 0 bridgehead atoms. The minimum Gasteiger partial charge on any atom is -0.356 e. The second-order valence-corrected chi connectivity index (χ2v) is 7.36. The van der Waals surface area contributed by atoms with Crippen molar-refractivity contribution >= 4 is 11.9 Å². The Morgan fingerprint density at radius 2 is 1.96 bits per heavy atom. The van der Waals surface area contributed by atoms with Crippen LogP contribution in [-0.4, -0.2) is 51.0 Å². The number of nitrogens with one attached hydrogen (secondary N) is 2. The van der Waals surface area contributed by atoms with E-state index in [0.717, 1.165) is 43.2 Å². The number of benzene rings is 1. The maximum absolute atomic E-state index is 13.2. The molecule has 6 heteroatoms. The molecule has 1 aliphatic rings. The second kappa shape index (κ2) is 9.01. The van der Waals surface area contributed by atoms with E-state index < -0.39 is 0 Å². The van der Waals surface area contributed by atoms with Gasteiger partial charge >= 0.3 is 0 Å². The average Bonchev–Trinajstić information content (AvgIpc) is 3.08. The highest BCUT2D eigenvalue weighted by Crippen LogP contribution is 2.38. The molecule has 1 aromatic rings. The van der Waals surface area contributed by atoms with E-state index in [2.05, 4.69) is 15.6 Å². The summed E-state index contributed by atoms with van der Waals surface area (Å²) >= 11 is 0. The van der Waals surface area contributed by atoms with E-state index in [4.69, 9.17) is 0 Å². The number of hydrogen-bond acceptors (Lipinski definition) is 2. The van der Waals surface area contributed by atoms with Crippen LogP contribution in [0.2, 0.25) is 0 Å². The zero-order valence-corrected chi connectivity index (χ0v) is 16.4. The van der Waals surface area contributed by atoms with Crippen molar-refractivity contribution in [3.05, 3.63) is 35.1 Å². The topological polar surface area (TPSA) is 56.7 Å². The third-order valence-electron chi connectivity index (χ3n) is 5.23. The zero-order valence-electron chi connectivity index (χ0n) is 16.4. The van der Waals surface area contributed by atoms with Crippen molar-refractivity contribution in [3.8, 4) is 0 Å². The molecule has 0 heterocycles. The summed E-state index contributed by atoms with van der Waals surface area (Å²) < 4.78 is 13.2. The molecule has 1 saturated carbocycles. The van der Waals surface area contributed by atoms with Gasteiger partial charge in [-0.2, -0.15) is 0 Å². The number of aryl methyl sites for hydroxylation is 1. The molecule has 0 saturated heterocycles. The summed E-state index contributed by atoms with van der Waals surface area (Å²) in [7, 11) is 5.37. The summed E-state index contributed by atoms with van der Waals surface area (Å²) in [6, 6.07) is 4.87. The van der Waals surface area contributed by atoms with Gasteiger partial charge in [-0.05, 0) is 49.4 Å². The van der Waals surface area contributed by atoms with Gasteiger partial charge in [0.25, 0.3) is 0 Å². The van der Waals surface area contributed by atoms with Crippen molar-refractivity contribution in [1.82, 2.24) is 15.5 Å². The number of amides is 1. The van der Waals surface area contributed by atoms with Crippen molar-refractivity contribution in [3.63, 3.8) is 0 Å². The van der Waals surface area contributed by atoms with E-state index in [0.29, 0.717) is 19.0 Å². The molecule has 1 fully saturated rings. The molecule has 0 aliphatic heterocycles. The first-order valence-corrected chi connectivity index (χ1v) is 9.29. The van der Waals surface area contributed by atoms with E-state index in [1.54, 1.807) is 18.0 Å². The SMILES string of the molecule is CN=C(NCCc1ccc(F)cc1C)NCC1(C(=O)N(C)C)CCCC1. The Morgan fingerprint density at radius 1 is 1.27 bits per heavy atom. The van der Waals surface area contributed by atoms with Crippen molar-refractivity contribution in [2.75, 3.05) is 34.2 Å². The number of guanidine groups is 1. The van der Waals surface area contributed by atoms with Crippen LogP contribution >= 0.6 is 0 Å². The molecule has 2 rings (SSSR count). The Morgan fingerprint density at radius 3 is 2.54 bits per heavy atom. The van der Waals surface area contributed by atoms with Gasteiger partial charge in [-0.15, -0.1) is 0 Å². The highest BCUT2D eigenvalue weighted by molar-refractivity contribution is 5.85. The van der Waals surface area contributed by atoms with Crippen molar-refractivity contribution in [1.29, 1.82) is 0 Å². The largest absolute Gasteiger partial charge is 0.356 e. The molecular formula is C20H31FN4O.